The van der Waals surface area contributed by atoms with Gasteiger partial charge in [-0.15, -0.1) is 0 Å². The summed E-state index contributed by atoms with van der Waals surface area (Å²) in [6.07, 6.45) is 2.71. The number of carbonyl (C=O) groups is 2. The largest absolute Gasteiger partial charge is 0.352 e. The second-order valence-corrected chi connectivity index (χ2v) is 5.87. The molecule has 22 heavy (non-hydrogen) atoms. The van der Waals surface area contributed by atoms with Crippen molar-refractivity contribution in [1.29, 1.82) is 0 Å². The molecule has 2 N–H and O–H groups in total. The average Bonchev–Trinajstić information content (AvgIpc) is 2.49. The van der Waals surface area contributed by atoms with Gasteiger partial charge in [0.25, 0.3) is 0 Å². The fraction of sp³-hybridized carbons (Fsp3) is 0.529. The molecule has 0 bridgehead atoms. The zero-order chi connectivity index (χ0) is 15.9. The van der Waals surface area contributed by atoms with Crippen LogP contribution in [0.15, 0.2) is 24.3 Å². The van der Waals surface area contributed by atoms with Gasteiger partial charge in [0.2, 0.25) is 11.8 Å². The third-order valence-electron chi connectivity index (χ3n) is 3.87. The first-order valence-corrected chi connectivity index (χ1v) is 7.95. The van der Waals surface area contributed by atoms with Crippen molar-refractivity contribution in [2.75, 3.05) is 18.4 Å². The molecule has 0 radical (unpaired) electrons. The lowest BCUT2D eigenvalue weighted by Crippen LogP contribution is -2.47. The lowest BCUT2D eigenvalue weighted by molar-refractivity contribution is -0.121. The Bertz CT molecular complexity index is 513. The number of benzene rings is 1. The SMILES string of the molecule is CCC(=O)N[C@@H]1CCCN(Cc2ccc(NC(C)=O)cc2)C1. The molecule has 1 aliphatic heterocycles. The summed E-state index contributed by atoms with van der Waals surface area (Å²) in [5.74, 6) is 0.0739. The molecule has 1 fully saturated rings. The van der Waals surface area contributed by atoms with E-state index in [0.717, 1.165) is 38.2 Å². The Balaban J connectivity index is 1.87. The molecular formula is C17H25N3O2. The second-order valence-electron chi connectivity index (χ2n) is 5.87. The number of hydrogen-bond acceptors (Lipinski definition) is 3. The molecule has 5 nitrogen and oxygen atoms in total. The van der Waals surface area contributed by atoms with Crippen LogP contribution in [0.4, 0.5) is 5.69 Å². The van der Waals surface area contributed by atoms with E-state index in [1.165, 1.54) is 12.5 Å². The first-order chi connectivity index (χ1) is 10.6. The maximum atomic E-state index is 11.5. The molecule has 1 atom stereocenters. The Kier molecular flexibility index (Phi) is 5.95. The lowest BCUT2D eigenvalue weighted by atomic mass is 10.0. The van der Waals surface area contributed by atoms with Crippen LogP contribution in [0, 0.1) is 0 Å². The van der Waals surface area contributed by atoms with E-state index in [4.69, 9.17) is 0 Å². The molecule has 1 aromatic rings. The maximum absolute atomic E-state index is 11.5. The van der Waals surface area contributed by atoms with Crippen LogP contribution in [0.25, 0.3) is 0 Å². The highest BCUT2D eigenvalue weighted by atomic mass is 16.2. The van der Waals surface area contributed by atoms with E-state index in [-0.39, 0.29) is 17.9 Å². The summed E-state index contributed by atoms with van der Waals surface area (Å²) in [7, 11) is 0. The van der Waals surface area contributed by atoms with E-state index in [1.807, 2.05) is 31.2 Å². The van der Waals surface area contributed by atoms with Crippen molar-refractivity contribution in [3.63, 3.8) is 0 Å². The van der Waals surface area contributed by atoms with E-state index in [1.54, 1.807) is 0 Å². The number of nitrogens with one attached hydrogen (secondary N) is 2. The number of amides is 2. The number of nitrogens with zero attached hydrogens (tertiary/aromatic N) is 1. The summed E-state index contributed by atoms with van der Waals surface area (Å²) in [5.41, 5.74) is 2.04. The quantitative estimate of drug-likeness (QED) is 0.876. The van der Waals surface area contributed by atoms with E-state index in [0.29, 0.717) is 6.42 Å². The number of carbonyl (C=O) groups excluding carboxylic acids is 2. The van der Waals surface area contributed by atoms with Gasteiger partial charge < -0.3 is 10.6 Å². The van der Waals surface area contributed by atoms with Crippen LogP contribution in [0.3, 0.4) is 0 Å². The minimum Gasteiger partial charge on any atom is -0.352 e. The Morgan fingerprint density at radius 1 is 1.27 bits per heavy atom. The van der Waals surface area contributed by atoms with E-state index < -0.39 is 0 Å². The summed E-state index contributed by atoms with van der Waals surface area (Å²) in [6, 6.07) is 8.20. The predicted molar refractivity (Wildman–Crippen MR) is 87.5 cm³/mol. The van der Waals surface area contributed by atoms with Gasteiger partial charge in [-0.25, -0.2) is 0 Å². The first-order valence-electron chi connectivity index (χ1n) is 7.95. The predicted octanol–water partition coefficient (Wildman–Crippen LogP) is 2.14. The highest BCUT2D eigenvalue weighted by Crippen LogP contribution is 2.16. The van der Waals surface area contributed by atoms with Crippen LogP contribution in [0.5, 0.6) is 0 Å². The molecule has 0 unspecified atom stereocenters. The molecule has 0 aliphatic carbocycles. The van der Waals surface area contributed by atoms with Crippen molar-refractivity contribution in [2.24, 2.45) is 0 Å². The fourth-order valence-corrected chi connectivity index (χ4v) is 2.80. The van der Waals surface area contributed by atoms with Gasteiger partial charge in [-0.05, 0) is 37.1 Å². The third-order valence-corrected chi connectivity index (χ3v) is 3.87. The fourth-order valence-electron chi connectivity index (χ4n) is 2.80. The molecule has 120 valence electrons. The number of likely N-dealkylation sites (tertiary alicyclic amines) is 1. The van der Waals surface area contributed by atoms with Gasteiger partial charge in [0, 0.05) is 38.2 Å². The molecule has 1 saturated heterocycles. The van der Waals surface area contributed by atoms with Crippen molar-refractivity contribution in [3.8, 4) is 0 Å². The van der Waals surface area contributed by atoms with E-state index in [2.05, 4.69) is 15.5 Å². The van der Waals surface area contributed by atoms with Gasteiger partial charge in [0.1, 0.15) is 0 Å². The molecular weight excluding hydrogens is 278 g/mol. The topological polar surface area (TPSA) is 61.4 Å². The average molecular weight is 303 g/mol. The maximum Gasteiger partial charge on any atom is 0.221 e. The van der Waals surface area contributed by atoms with Crippen molar-refractivity contribution in [1.82, 2.24) is 10.2 Å². The Morgan fingerprint density at radius 3 is 2.64 bits per heavy atom. The number of piperidine rings is 1. The lowest BCUT2D eigenvalue weighted by Gasteiger charge is -2.33. The van der Waals surface area contributed by atoms with Crippen LogP contribution < -0.4 is 10.6 Å². The summed E-state index contributed by atoms with van der Waals surface area (Å²) < 4.78 is 0. The summed E-state index contributed by atoms with van der Waals surface area (Å²) in [5, 5.41) is 5.86. The molecule has 1 aromatic carbocycles. The zero-order valence-corrected chi connectivity index (χ0v) is 13.4. The monoisotopic (exact) mass is 303 g/mol. The van der Waals surface area contributed by atoms with Crippen LogP contribution in [-0.4, -0.2) is 35.8 Å². The highest BCUT2D eigenvalue weighted by Gasteiger charge is 2.20. The summed E-state index contributed by atoms with van der Waals surface area (Å²) >= 11 is 0. The number of rotatable bonds is 5. The van der Waals surface area contributed by atoms with Gasteiger partial charge in [-0.3, -0.25) is 14.5 Å². The third kappa shape index (κ3) is 5.15. The molecule has 0 aromatic heterocycles. The molecule has 2 rings (SSSR count). The molecule has 5 heteroatoms. The molecule has 2 amide bonds. The normalized spacial score (nSPS) is 18.7. The molecule has 1 aliphatic rings. The van der Waals surface area contributed by atoms with Gasteiger partial charge in [0.15, 0.2) is 0 Å². The summed E-state index contributed by atoms with van der Waals surface area (Å²) in [6.45, 7) is 6.23. The van der Waals surface area contributed by atoms with Gasteiger partial charge >= 0.3 is 0 Å². The summed E-state index contributed by atoms with van der Waals surface area (Å²) in [4.78, 5) is 24.9. The van der Waals surface area contributed by atoms with Gasteiger partial charge in [0.05, 0.1) is 0 Å². The highest BCUT2D eigenvalue weighted by molar-refractivity contribution is 5.88. The number of hydrogen-bond donors (Lipinski definition) is 2. The van der Waals surface area contributed by atoms with Crippen molar-refractivity contribution in [3.05, 3.63) is 29.8 Å². The zero-order valence-electron chi connectivity index (χ0n) is 13.4. The minimum atomic E-state index is -0.0571. The van der Waals surface area contributed by atoms with Crippen LogP contribution in [-0.2, 0) is 16.1 Å². The van der Waals surface area contributed by atoms with Gasteiger partial charge in [-0.2, -0.15) is 0 Å². The Labute approximate surface area is 132 Å². The second kappa shape index (κ2) is 7.94. The molecule has 0 saturated carbocycles. The Morgan fingerprint density at radius 2 is 2.00 bits per heavy atom. The molecule has 0 spiro atoms. The molecule has 1 heterocycles. The van der Waals surface area contributed by atoms with E-state index >= 15 is 0 Å². The van der Waals surface area contributed by atoms with Crippen LogP contribution in [0.1, 0.15) is 38.7 Å². The minimum absolute atomic E-state index is 0.0571. The van der Waals surface area contributed by atoms with Crippen LogP contribution >= 0.6 is 0 Å². The van der Waals surface area contributed by atoms with E-state index in [9.17, 15) is 9.59 Å². The first kappa shape index (κ1) is 16.5. The van der Waals surface area contributed by atoms with Crippen molar-refractivity contribution in [2.45, 2.75) is 45.7 Å². The van der Waals surface area contributed by atoms with Gasteiger partial charge in [-0.1, -0.05) is 19.1 Å². The Hall–Kier alpha value is -1.88. The smallest absolute Gasteiger partial charge is 0.221 e. The van der Waals surface area contributed by atoms with Crippen molar-refractivity contribution >= 4 is 17.5 Å². The van der Waals surface area contributed by atoms with Crippen LogP contribution in [0.2, 0.25) is 0 Å². The number of anilines is 1. The standard InChI is InChI=1S/C17H25N3O2/c1-3-17(22)19-16-5-4-10-20(12-16)11-14-6-8-15(9-7-14)18-13(2)21/h6-9,16H,3-5,10-12H2,1-2H3,(H,18,21)(H,19,22)/t16-/m1/s1. The van der Waals surface area contributed by atoms with Crippen molar-refractivity contribution < 1.29 is 9.59 Å².